The van der Waals surface area contributed by atoms with Crippen LogP contribution in [-0.2, 0) is 13.1 Å². The Labute approximate surface area is 145 Å². The Balaban J connectivity index is 1.74. The van der Waals surface area contributed by atoms with Crippen LogP contribution in [0.4, 0.5) is 0 Å². The van der Waals surface area contributed by atoms with E-state index in [1.54, 1.807) is 13.3 Å². The van der Waals surface area contributed by atoms with Gasteiger partial charge in [-0.25, -0.2) is 4.68 Å². The molecule has 0 bridgehead atoms. The number of nitriles is 1. The first-order chi connectivity index (χ1) is 12.3. The lowest BCUT2D eigenvalue weighted by Gasteiger charge is -2.25. The van der Waals surface area contributed by atoms with Crippen LogP contribution in [0.25, 0.3) is 5.69 Å². The maximum atomic E-state index is 9.85. The Morgan fingerprint density at radius 3 is 2.76 bits per heavy atom. The lowest BCUT2D eigenvalue weighted by Crippen LogP contribution is -2.26. The van der Waals surface area contributed by atoms with Crippen LogP contribution in [-0.4, -0.2) is 27.0 Å². The summed E-state index contributed by atoms with van der Waals surface area (Å²) in [7, 11) is 1.65. The minimum Gasteiger partial charge on any atom is -0.497 e. The lowest BCUT2D eigenvalue weighted by atomic mass is 10.0. The van der Waals surface area contributed by atoms with Crippen LogP contribution >= 0.6 is 0 Å². The number of aromatic nitrogens is 3. The molecule has 1 atom stereocenters. The first-order valence-electron chi connectivity index (χ1n) is 8.05. The van der Waals surface area contributed by atoms with Gasteiger partial charge in [-0.05, 0) is 23.8 Å². The number of hydrogen-bond acceptors (Lipinski definition) is 5. The summed E-state index contributed by atoms with van der Waals surface area (Å²) in [6.45, 7) is 1.26. The summed E-state index contributed by atoms with van der Waals surface area (Å²) in [6.07, 6.45) is 1.76. The van der Waals surface area contributed by atoms with Crippen LogP contribution in [0.5, 0.6) is 5.75 Å². The molecule has 25 heavy (non-hydrogen) atoms. The number of methoxy groups -OCH3 is 1. The van der Waals surface area contributed by atoms with Gasteiger partial charge >= 0.3 is 0 Å². The van der Waals surface area contributed by atoms with E-state index in [9.17, 15) is 5.26 Å². The summed E-state index contributed by atoms with van der Waals surface area (Å²) in [5.74, 6) is 0.823. The van der Waals surface area contributed by atoms with E-state index in [1.165, 1.54) is 0 Å². The number of rotatable bonds is 3. The minimum absolute atomic E-state index is 0.347. The molecule has 0 aliphatic carbocycles. The molecule has 1 aliphatic heterocycles. The maximum Gasteiger partial charge on any atom is 0.126 e. The number of ether oxygens (including phenoxy) is 1. The highest BCUT2D eigenvalue weighted by atomic mass is 16.5. The zero-order valence-electron chi connectivity index (χ0n) is 13.8. The highest BCUT2D eigenvalue weighted by Crippen LogP contribution is 2.32. The molecule has 6 heteroatoms. The molecule has 124 valence electrons. The van der Waals surface area contributed by atoms with Crippen molar-refractivity contribution in [2.75, 3.05) is 7.11 Å². The predicted octanol–water partition coefficient (Wildman–Crippen LogP) is 2.86. The van der Waals surface area contributed by atoms with E-state index in [0.717, 1.165) is 28.3 Å². The summed E-state index contributed by atoms with van der Waals surface area (Å²) in [5.41, 5.74) is 3.96. The van der Waals surface area contributed by atoms with Gasteiger partial charge in [-0.15, -0.1) is 5.10 Å². The van der Waals surface area contributed by atoms with Crippen LogP contribution in [0, 0.1) is 11.3 Å². The van der Waals surface area contributed by atoms with Gasteiger partial charge in [-0.2, -0.15) is 5.26 Å². The zero-order chi connectivity index (χ0) is 17.2. The van der Waals surface area contributed by atoms with Crippen molar-refractivity contribution in [3.63, 3.8) is 0 Å². The third-order valence-corrected chi connectivity index (χ3v) is 4.48. The molecule has 3 aromatic rings. The van der Waals surface area contributed by atoms with Crippen LogP contribution in [0.1, 0.15) is 22.9 Å². The average Bonchev–Trinajstić information content (AvgIpc) is 3.07. The van der Waals surface area contributed by atoms with E-state index in [4.69, 9.17) is 4.74 Å². The van der Waals surface area contributed by atoms with Crippen molar-refractivity contribution in [2.24, 2.45) is 0 Å². The monoisotopic (exact) mass is 331 g/mol. The number of nitrogens with zero attached hydrogens (tertiary/aromatic N) is 5. The molecule has 0 saturated heterocycles. The Bertz CT molecular complexity index is 925. The summed E-state index contributed by atoms with van der Waals surface area (Å²) < 4.78 is 7.05. The van der Waals surface area contributed by atoms with Crippen molar-refractivity contribution in [1.82, 2.24) is 19.9 Å². The van der Waals surface area contributed by atoms with Crippen molar-refractivity contribution < 1.29 is 4.74 Å². The van der Waals surface area contributed by atoms with E-state index in [0.29, 0.717) is 13.1 Å². The maximum absolute atomic E-state index is 9.85. The molecule has 0 spiro atoms. The standard InChI is InChI=1S/C19H17N5O/c1-25-16-8-6-14(7-9-16)12-23-13-15-11-21-22-24(15)18-5-3-2-4-17(18)19(23)10-20/h2-9,11,19H,12-13H2,1H3. The average molecular weight is 331 g/mol. The van der Waals surface area contributed by atoms with Gasteiger partial charge < -0.3 is 4.74 Å². The van der Waals surface area contributed by atoms with E-state index >= 15 is 0 Å². The van der Waals surface area contributed by atoms with Gasteiger partial charge in [0.05, 0.1) is 30.8 Å². The van der Waals surface area contributed by atoms with Crippen molar-refractivity contribution in [3.8, 4) is 17.5 Å². The summed E-state index contributed by atoms with van der Waals surface area (Å²) in [6, 6.07) is 17.9. The Kier molecular flexibility index (Phi) is 3.92. The van der Waals surface area contributed by atoms with Gasteiger partial charge in [-0.1, -0.05) is 35.5 Å². The fourth-order valence-corrected chi connectivity index (χ4v) is 3.24. The molecule has 0 fully saturated rings. The van der Waals surface area contributed by atoms with E-state index in [2.05, 4.69) is 21.3 Å². The molecule has 1 unspecified atom stereocenters. The third-order valence-electron chi connectivity index (χ3n) is 4.48. The van der Waals surface area contributed by atoms with E-state index in [-0.39, 0.29) is 6.04 Å². The van der Waals surface area contributed by atoms with Crippen molar-refractivity contribution in [1.29, 1.82) is 5.26 Å². The molecule has 1 aliphatic rings. The van der Waals surface area contributed by atoms with Crippen LogP contribution < -0.4 is 4.74 Å². The second-order valence-electron chi connectivity index (χ2n) is 5.98. The molecular formula is C19H17N5O. The fraction of sp³-hybridized carbons (Fsp3) is 0.211. The zero-order valence-corrected chi connectivity index (χ0v) is 13.8. The quantitative estimate of drug-likeness (QED) is 0.738. The molecule has 4 rings (SSSR count). The number of hydrogen-bond donors (Lipinski definition) is 0. The van der Waals surface area contributed by atoms with E-state index < -0.39 is 0 Å². The molecule has 6 nitrogen and oxygen atoms in total. The van der Waals surface area contributed by atoms with E-state index in [1.807, 2.05) is 53.2 Å². The summed E-state index contributed by atoms with van der Waals surface area (Å²) >= 11 is 0. The van der Waals surface area contributed by atoms with Crippen molar-refractivity contribution in [3.05, 3.63) is 71.5 Å². The van der Waals surface area contributed by atoms with Gasteiger partial charge in [0, 0.05) is 18.7 Å². The highest BCUT2D eigenvalue weighted by molar-refractivity contribution is 5.46. The van der Waals surface area contributed by atoms with Crippen molar-refractivity contribution >= 4 is 0 Å². The van der Waals surface area contributed by atoms with Crippen LogP contribution in [0.3, 0.4) is 0 Å². The molecule has 0 N–H and O–H groups in total. The van der Waals surface area contributed by atoms with Crippen molar-refractivity contribution in [2.45, 2.75) is 19.1 Å². The SMILES string of the molecule is COc1ccc(CN2Cc3cnnn3-c3ccccc3C2C#N)cc1. The number of fused-ring (bicyclic) bond motifs is 3. The second-order valence-corrected chi connectivity index (χ2v) is 5.98. The second kappa shape index (κ2) is 6.38. The third kappa shape index (κ3) is 2.75. The summed E-state index contributed by atoms with van der Waals surface area (Å²) in [4.78, 5) is 2.14. The van der Waals surface area contributed by atoms with Gasteiger partial charge in [0.2, 0.25) is 0 Å². The van der Waals surface area contributed by atoms with Gasteiger partial charge in [0.1, 0.15) is 11.8 Å². The Hall–Kier alpha value is -3.17. The van der Waals surface area contributed by atoms with Gasteiger partial charge in [0.25, 0.3) is 0 Å². The largest absolute Gasteiger partial charge is 0.497 e. The Morgan fingerprint density at radius 2 is 2.00 bits per heavy atom. The van der Waals surface area contributed by atoms with Crippen LogP contribution in [0.15, 0.2) is 54.7 Å². The molecule has 2 heterocycles. The molecule has 0 amide bonds. The molecular weight excluding hydrogens is 314 g/mol. The predicted molar refractivity (Wildman–Crippen MR) is 92.0 cm³/mol. The molecule has 0 radical (unpaired) electrons. The van der Waals surface area contributed by atoms with Crippen LogP contribution in [0.2, 0.25) is 0 Å². The van der Waals surface area contributed by atoms with Gasteiger partial charge in [0.15, 0.2) is 0 Å². The van der Waals surface area contributed by atoms with Gasteiger partial charge in [-0.3, -0.25) is 4.90 Å². The Morgan fingerprint density at radius 1 is 1.20 bits per heavy atom. The molecule has 0 saturated carbocycles. The topological polar surface area (TPSA) is 67.0 Å². The first-order valence-corrected chi connectivity index (χ1v) is 8.05. The smallest absolute Gasteiger partial charge is 0.126 e. The highest BCUT2D eigenvalue weighted by Gasteiger charge is 2.29. The first kappa shape index (κ1) is 15.4. The minimum atomic E-state index is -0.347. The number of benzene rings is 2. The number of para-hydroxylation sites is 1. The molecule has 1 aromatic heterocycles. The molecule has 2 aromatic carbocycles. The lowest BCUT2D eigenvalue weighted by molar-refractivity contribution is 0.218. The summed E-state index contributed by atoms with van der Waals surface area (Å²) in [5, 5.41) is 18.1. The fourth-order valence-electron chi connectivity index (χ4n) is 3.24. The normalized spacial score (nSPS) is 16.4.